The Labute approximate surface area is 219 Å². The van der Waals surface area contributed by atoms with Crippen molar-refractivity contribution >= 4 is 34.2 Å². The number of nitrogens with zero attached hydrogens (tertiary/aromatic N) is 2. The van der Waals surface area contributed by atoms with Crippen molar-refractivity contribution in [3.05, 3.63) is 80.7 Å². The van der Waals surface area contributed by atoms with E-state index in [2.05, 4.69) is 32.7 Å². The number of fused-ring (bicyclic) bond motifs is 2. The van der Waals surface area contributed by atoms with Crippen LogP contribution in [0, 0.1) is 6.92 Å². The lowest BCUT2D eigenvalue weighted by molar-refractivity contribution is 0.191. The predicted molar refractivity (Wildman–Crippen MR) is 148 cm³/mol. The third kappa shape index (κ3) is 4.63. The van der Waals surface area contributed by atoms with E-state index in [0.717, 1.165) is 40.8 Å². The molecule has 9 heteroatoms. The number of aromatic amines is 2. The van der Waals surface area contributed by atoms with E-state index >= 15 is 0 Å². The van der Waals surface area contributed by atoms with Crippen LogP contribution in [0.25, 0.3) is 22.4 Å². The van der Waals surface area contributed by atoms with Gasteiger partial charge in [0, 0.05) is 29.4 Å². The quantitative estimate of drug-likeness (QED) is 0.255. The summed E-state index contributed by atoms with van der Waals surface area (Å²) in [5.74, 6) is 1.40. The lowest BCUT2D eigenvalue weighted by Gasteiger charge is -2.23. The number of aliphatic imine (C=N–C) groups is 1. The number of hydrogen-bond acceptors (Lipinski definition) is 6. The minimum absolute atomic E-state index is 0.202. The number of benzene rings is 2. The Hall–Kier alpha value is -3.62. The summed E-state index contributed by atoms with van der Waals surface area (Å²) < 4.78 is 0. The van der Waals surface area contributed by atoms with Crippen molar-refractivity contribution in [1.82, 2.24) is 20.3 Å². The third-order valence-electron chi connectivity index (χ3n) is 7.31. The molecule has 5 N–H and O–H groups in total. The molecule has 4 aromatic rings. The van der Waals surface area contributed by atoms with Gasteiger partial charge in [-0.2, -0.15) is 0 Å². The van der Waals surface area contributed by atoms with Crippen molar-refractivity contribution in [2.24, 2.45) is 4.99 Å². The maximum atomic E-state index is 12.9. The van der Waals surface area contributed by atoms with E-state index in [4.69, 9.17) is 21.6 Å². The van der Waals surface area contributed by atoms with Gasteiger partial charge in [0.1, 0.15) is 17.2 Å². The second kappa shape index (κ2) is 9.68. The molecule has 6 rings (SSSR count). The van der Waals surface area contributed by atoms with Crippen molar-refractivity contribution in [2.75, 3.05) is 11.9 Å². The third-order valence-corrected chi connectivity index (χ3v) is 7.55. The molecule has 0 saturated heterocycles. The van der Waals surface area contributed by atoms with Gasteiger partial charge in [0.25, 0.3) is 5.56 Å². The highest BCUT2D eigenvalue weighted by molar-refractivity contribution is 6.30. The number of nitrogens with one attached hydrogen (secondary N) is 4. The van der Waals surface area contributed by atoms with Crippen LogP contribution in [-0.4, -0.2) is 44.5 Å². The van der Waals surface area contributed by atoms with E-state index in [9.17, 15) is 9.90 Å². The Morgan fingerprint density at radius 1 is 1.19 bits per heavy atom. The zero-order valence-electron chi connectivity index (χ0n) is 20.5. The molecule has 2 aromatic carbocycles. The van der Waals surface area contributed by atoms with Crippen molar-refractivity contribution < 1.29 is 5.11 Å². The summed E-state index contributed by atoms with van der Waals surface area (Å²) in [6.45, 7) is 2.22. The number of rotatable bonds is 6. The Bertz CT molecular complexity index is 1560. The van der Waals surface area contributed by atoms with Crippen LogP contribution in [0.2, 0.25) is 5.02 Å². The van der Waals surface area contributed by atoms with Gasteiger partial charge in [0.15, 0.2) is 0 Å². The number of aliphatic hydroxyl groups excluding tert-OH is 1. The van der Waals surface area contributed by atoms with Crippen LogP contribution < -0.4 is 16.2 Å². The van der Waals surface area contributed by atoms with Gasteiger partial charge in [0.05, 0.1) is 28.9 Å². The fourth-order valence-corrected chi connectivity index (χ4v) is 5.61. The molecule has 1 saturated carbocycles. The summed E-state index contributed by atoms with van der Waals surface area (Å²) in [6, 6.07) is 13.8. The summed E-state index contributed by atoms with van der Waals surface area (Å²) in [4.78, 5) is 28.8. The molecule has 0 spiro atoms. The number of aromatic nitrogens is 3. The fraction of sp³-hybridized carbons (Fsp3) is 0.321. The zero-order valence-corrected chi connectivity index (χ0v) is 21.3. The van der Waals surface area contributed by atoms with Crippen LogP contribution in [0.3, 0.4) is 0 Å². The Balaban J connectivity index is 1.30. The SMILES string of the molecule is Cc1cc(C2=NC3CCCCC3N2)cc2[nH]c(-c3c(NCC(O)c4cccc(Cl)c4)cc[nH]c3=O)nc12. The minimum Gasteiger partial charge on any atom is -0.387 e. The van der Waals surface area contributed by atoms with E-state index in [1.54, 1.807) is 30.5 Å². The van der Waals surface area contributed by atoms with E-state index in [1.165, 1.54) is 12.8 Å². The number of H-pyrrole nitrogens is 2. The Morgan fingerprint density at radius 3 is 2.89 bits per heavy atom. The van der Waals surface area contributed by atoms with Crippen LogP contribution in [-0.2, 0) is 0 Å². The summed E-state index contributed by atoms with van der Waals surface area (Å²) in [5.41, 5.74) is 5.08. The lowest BCUT2D eigenvalue weighted by Crippen LogP contribution is -2.37. The molecule has 0 bridgehead atoms. The van der Waals surface area contributed by atoms with Crippen molar-refractivity contribution in [1.29, 1.82) is 0 Å². The average molecular weight is 517 g/mol. The fourth-order valence-electron chi connectivity index (χ4n) is 5.42. The Kier molecular flexibility index (Phi) is 6.22. The highest BCUT2D eigenvalue weighted by Gasteiger charge is 2.31. The van der Waals surface area contributed by atoms with E-state index in [1.807, 2.05) is 13.0 Å². The molecule has 0 radical (unpaired) electrons. The topological polar surface area (TPSA) is 118 Å². The van der Waals surface area contributed by atoms with Gasteiger partial charge in [0.2, 0.25) is 0 Å². The zero-order chi connectivity index (χ0) is 25.5. The number of aryl methyl sites for hydroxylation is 1. The van der Waals surface area contributed by atoms with E-state index in [-0.39, 0.29) is 12.1 Å². The van der Waals surface area contributed by atoms with Crippen LogP contribution >= 0.6 is 11.6 Å². The molecule has 2 aromatic heterocycles. The van der Waals surface area contributed by atoms with Gasteiger partial charge in [-0.05, 0) is 61.2 Å². The summed E-state index contributed by atoms with van der Waals surface area (Å²) in [7, 11) is 0. The molecular weight excluding hydrogens is 488 g/mol. The number of amidine groups is 1. The van der Waals surface area contributed by atoms with Gasteiger partial charge in [-0.25, -0.2) is 4.98 Å². The summed E-state index contributed by atoms with van der Waals surface area (Å²) >= 11 is 6.07. The predicted octanol–water partition coefficient (Wildman–Crippen LogP) is 4.69. The van der Waals surface area contributed by atoms with E-state index < -0.39 is 6.10 Å². The number of halogens is 1. The second-order valence-corrected chi connectivity index (χ2v) is 10.3. The molecule has 3 atom stereocenters. The molecule has 3 heterocycles. The maximum Gasteiger partial charge on any atom is 0.261 e. The largest absolute Gasteiger partial charge is 0.387 e. The minimum atomic E-state index is -0.797. The molecule has 1 aliphatic heterocycles. The molecule has 190 valence electrons. The van der Waals surface area contributed by atoms with Crippen molar-refractivity contribution in [3.8, 4) is 11.4 Å². The summed E-state index contributed by atoms with van der Waals surface area (Å²) in [6.07, 6.45) is 5.56. The molecule has 8 nitrogen and oxygen atoms in total. The second-order valence-electron chi connectivity index (χ2n) is 9.90. The van der Waals surface area contributed by atoms with Crippen molar-refractivity contribution in [2.45, 2.75) is 50.8 Å². The summed E-state index contributed by atoms with van der Waals surface area (Å²) in [5, 5.41) is 18.0. The smallest absolute Gasteiger partial charge is 0.261 e. The Morgan fingerprint density at radius 2 is 2.05 bits per heavy atom. The van der Waals surface area contributed by atoms with Gasteiger partial charge >= 0.3 is 0 Å². The molecule has 2 aliphatic rings. The molecule has 3 unspecified atom stereocenters. The first-order valence-corrected chi connectivity index (χ1v) is 13.1. The number of pyridine rings is 1. The standard InChI is InChI=1S/C28H29ClN6O2/c1-15-11-17(26-32-19-7-2-3-8-20(19)33-26)13-22-25(15)35-27(34-22)24-21(9-10-30-28(24)37)31-14-23(36)16-5-4-6-18(29)12-16/h4-6,9-13,19-20,23,36H,2-3,7-8,14H2,1H3,(H,32,33)(H,34,35)(H2,30,31,37). The number of anilines is 1. The highest BCUT2D eigenvalue weighted by Crippen LogP contribution is 2.30. The lowest BCUT2D eigenvalue weighted by atomic mass is 9.92. The first-order valence-electron chi connectivity index (χ1n) is 12.7. The van der Waals surface area contributed by atoms with E-state index in [0.29, 0.717) is 39.7 Å². The van der Waals surface area contributed by atoms with Gasteiger partial charge in [-0.3, -0.25) is 9.79 Å². The molecular formula is C28H29ClN6O2. The van der Waals surface area contributed by atoms with Crippen LogP contribution in [0.4, 0.5) is 5.69 Å². The molecule has 37 heavy (non-hydrogen) atoms. The first kappa shape index (κ1) is 23.8. The molecule has 0 amide bonds. The number of hydrogen-bond donors (Lipinski definition) is 5. The highest BCUT2D eigenvalue weighted by atomic mass is 35.5. The molecule has 1 aliphatic carbocycles. The molecule has 1 fully saturated rings. The van der Waals surface area contributed by atoms with Gasteiger partial charge in [-0.15, -0.1) is 0 Å². The first-order chi connectivity index (χ1) is 18.0. The number of imidazole rings is 1. The van der Waals surface area contributed by atoms with Crippen LogP contribution in [0.15, 0.2) is 58.4 Å². The average Bonchev–Trinajstić information content (AvgIpc) is 3.52. The number of aliphatic hydroxyl groups is 1. The maximum absolute atomic E-state index is 12.9. The van der Waals surface area contributed by atoms with Crippen LogP contribution in [0.1, 0.15) is 48.5 Å². The van der Waals surface area contributed by atoms with Gasteiger partial charge < -0.3 is 25.7 Å². The van der Waals surface area contributed by atoms with Crippen LogP contribution in [0.5, 0.6) is 0 Å². The van der Waals surface area contributed by atoms with Crippen molar-refractivity contribution in [3.63, 3.8) is 0 Å². The monoisotopic (exact) mass is 516 g/mol. The normalized spacial score (nSPS) is 19.8. The van der Waals surface area contributed by atoms with Gasteiger partial charge in [-0.1, -0.05) is 36.6 Å².